The lowest BCUT2D eigenvalue weighted by Crippen LogP contribution is -2.30. The molecule has 0 aromatic carbocycles. The van der Waals surface area contributed by atoms with Crippen LogP contribution >= 0.6 is 0 Å². The van der Waals surface area contributed by atoms with Crippen molar-refractivity contribution < 1.29 is 28.6 Å². The molecule has 0 aromatic heterocycles. The molecular formula is C62H108O6. The number of ether oxygens (including phenoxy) is 3. The highest BCUT2D eigenvalue weighted by molar-refractivity contribution is 5.71. The molecular weight excluding hydrogens is 841 g/mol. The third-order valence-corrected chi connectivity index (χ3v) is 12.4. The van der Waals surface area contributed by atoms with Gasteiger partial charge in [0.2, 0.25) is 0 Å². The minimum atomic E-state index is -0.792. The molecule has 0 saturated carbocycles. The Labute approximate surface area is 421 Å². The van der Waals surface area contributed by atoms with E-state index >= 15 is 0 Å². The number of unbranched alkanes of at least 4 members (excludes halogenated alkanes) is 29. The van der Waals surface area contributed by atoms with E-state index in [0.717, 1.165) is 109 Å². The van der Waals surface area contributed by atoms with Crippen LogP contribution in [0.4, 0.5) is 0 Å². The van der Waals surface area contributed by atoms with Crippen LogP contribution < -0.4 is 0 Å². The Kier molecular flexibility index (Phi) is 53.8. The van der Waals surface area contributed by atoms with Crippen molar-refractivity contribution in [2.45, 2.75) is 290 Å². The Balaban J connectivity index is 4.41. The van der Waals surface area contributed by atoms with Gasteiger partial charge >= 0.3 is 17.9 Å². The summed E-state index contributed by atoms with van der Waals surface area (Å²) < 4.78 is 16.8. The fraction of sp³-hybridized carbons (Fsp3) is 0.758. The van der Waals surface area contributed by atoms with Crippen LogP contribution in [0.2, 0.25) is 0 Å². The lowest BCUT2D eigenvalue weighted by Gasteiger charge is -2.18. The predicted molar refractivity (Wildman–Crippen MR) is 293 cm³/mol. The molecule has 392 valence electrons. The van der Waals surface area contributed by atoms with E-state index in [-0.39, 0.29) is 31.1 Å². The van der Waals surface area contributed by atoms with E-state index in [0.29, 0.717) is 19.3 Å². The predicted octanol–water partition coefficient (Wildman–Crippen LogP) is 19.4. The van der Waals surface area contributed by atoms with E-state index in [1.165, 1.54) is 135 Å². The van der Waals surface area contributed by atoms with Crippen LogP contribution in [0.3, 0.4) is 0 Å². The molecule has 6 nitrogen and oxygen atoms in total. The van der Waals surface area contributed by atoms with Crippen LogP contribution in [0.25, 0.3) is 0 Å². The molecule has 0 fully saturated rings. The molecule has 0 N–H and O–H groups in total. The molecule has 0 aliphatic heterocycles. The first kappa shape index (κ1) is 64.8. The summed E-state index contributed by atoms with van der Waals surface area (Å²) >= 11 is 0. The van der Waals surface area contributed by atoms with Crippen LogP contribution in [0.1, 0.15) is 284 Å². The highest BCUT2D eigenvalue weighted by atomic mass is 16.6. The van der Waals surface area contributed by atoms with Gasteiger partial charge in [0, 0.05) is 19.3 Å². The molecule has 0 aliphatic carbocycles. The average Bonchev–Trinajstić information content (AvgIpc) is 3.34. The first-order chi connectivity index (χ1) is 33.5. The highest BCUT2D eigenvalue weighted by Gasteiger charge is 2.19. The number of rotatable bonds is 52. The van der Waals surface area contributed by atoms with E-state index in [4.69, 9.17) is 14.2 Å². The van der Waals surface area contributed by atoms with Crippen LogP contribution in [-0.2, 0) is 28.6 Å². The molecule has 0 rings (SSSR count). The van der Waals surface area contributed by atoms with Crippen LogP contribution in [0.15, 0.2) is 72.9 Å². The zero-order valence-electron chi connectivity index (χ0n) is 44.9. The maximum atomic E-state index is 12.8. The Hall–Kier alpha value is -3.15. The number of hydrogen-bond acceptors (Lipinski definition) is 6. The number of carbonyl (C=O) groups is 3. The number of carbonyl (C=O) groups excluding carboxylic acids is 3. The first-order valence-corrected chi connectivity index (χ1v) is 28.9. The molecule has 0 saturated heterocycles. The summed E-state index contributed by atoms with van der Waals surface area (Å²) in [6, 6.07) is 0. The fourth-order valence-corrected chi connectivity index (χ4v) is 8.00. The summed E-state index contributed by atoms with van der Waals surface area (Å²) in [6.45, 7) is 6.58. The van der Waals surface area contributed by atoms with Crippen molar-refractivity contribution in [1.29, 1.82) is 0 Å². The zero-order valence-corrected chi connectivity index (χ0v) is 44.9. The van der Waals surface area contributed by atoms with Gasteiger partial charge in [0.25, 0.3) is 0 Å². The van der Waals surface area contributed by atoms with Crippen LogP contribution in [0, 0.1) is 0 Å². The Bertz CT molecular complexity index is 1270. The standard InChI is InChI=1S/C62H108O6/c1-4-7-10-13-16-19-22-25-27-29-30-31-32-33-35-37-40-43-46-49-52-55-61(64)67-58-59(57-66-60(63)54-51-48-45-42-39-36-24-21-18-15-12-9-6-3)68-62(65)56-53-50-47-44-41-38-34-28-26-23-20-17-14-11-8-5-2/h20-25,28-30,32-34,59H,4-19,26-27,31,35-58H2,1-3H3/b23-20-,24-21-,25-22-,30-29-,33-32-,34-28-. The highest BCUT2D eigenvalue weighted by Crippen LogP contribution is 2.14. The Morgan fingerprint density at radius 3 is 0.853 bits per heavy atom. The molecule has 0 aliphatic rings. The summed E-state index contributed by atoms with van der Waals surface area (Å²) in [5, 5.41) is 0. The van der Waals surface area contributed by atoms with Gasteiger partial charge in [-0.1, -0.05) is 222 Å². The molecule has 68 heavy (non-hydrogen) atoms. The molecule has 0 amide bonds. The van der Waals surface area contributed by atoms with Gasteiger partial charge in [-0.05, 0) is 116 Å². The van der Waals surface area contributed by atoms with E-state index in [1.54, 1.807) is 0 Å². The second-order valence-electron chi connectivity index (χ2n) is 19.2. The molecule has 0 heterocycles. The van der Waals surface area contributed by atoms with Gasteiger partial charge in [-0.15, -0.1) is 0 Å². The molecule has 0 radical (unpaired) electrons. The molecule has 0 bridgehead atoms. The summed E-state index contributed by atoms with van der Waals surface area (Å²) in [4.78, 5) is 38.1. The van der Waals surface area contributed by atoms with Crippen molar-refractivity contribution >= 4 is 17.9 Å². The lowest BCUT2D eigenvalue weighted by atomic mass is 10.1. The monoisotopic (exact) mass is 949 g/mol. The molecule has 6 heteroatoms. The lowest BCUT2D eigenvalue weighted by molar-refractivity contribution is -0.167. The SMILES string of the molecule is CCCCCC/C=C\C/C=C\CCCCCCCC(=O)OC(COC(=O)CCCCCCC/C=C\CCCCCC)COC(=O)CCCCCCCC/C=C\C/C=C\C/C=C\CCCCCCC. The largest absolute Gasteiger partial charge is 0.462 e. The topological polar surface area (TPSA) is 78.9 Å². The number of esters is 3. The number of hydrogen-bond donors (Lipinski definition) is 0. The Morgan fingerprint density at radius 2 is 0.529 bits per heavy atom. The van der Waals surface area contributed by atoms with Crippen molar-refractivity contribution in [2.75, 3.05) is 13.2 Å². The van der Waals surface area contributed by atoms with Crippen LogP contribution in [-0.4, -0.2) is 37.2 Å². The van der Waals surface area contributed by atoms with Crippen molar-refractivity contribution in [2.24, 2.45) is 0 Å². The van der Waals surface area contributed by atoms with Crippen molar-refractivity contribution in [1.82, 2.24) is 0 Å². The zero-order chi connectivity index (χ0) is 49.3. The Morgan fingerprint density at radius 1 is 0.294 bits per heavy atom. The summed E-state index contributed by atoms with van der Waals surface area (Å²) in [5.41, 5.74) is 0. The summed E-state index contributed by atoms with van der Waals surface area (Å²) in [7, 11) is 0. The second-order valence-corrected chi connectivity index (χ2v) is 19.2. The molecule has 0 aromatic rings. The maximum Gasteiger partial charge on any atom is 0.306 e. The van der Waals surface area contributed by atoms with Gasteiger partial charge in [-0.3, -0.25) is 14.4 Å². The second kappa shape index (κ2) is 56.4. The quantitative estimate of drug-likeness (QED) is 0.0262. The van der Waals surface area contributed by atoms with E-state index in [1.807, 2.05) is 0 Å². The smallest absolute Gasteiger partial charge is 0.306 e. The maximum absolute atomic E-state index is 12.8. The molecule has 1 atom stereocenters. The summed E-state index contributed by atoms with van der Waals surface area (Å²) in [6.07, 6.45) is 71.7. The molecule has 1 unspecified atom stereocenters. The van der Waals surface area contributed by atoms with E-state index in [9.17, 15) is 14.4 Å². The van der Waals surface area contributed by atoms with Crippen LogP contribution in [0.5, 0.6) is 0 Å². The van der Waals surface area contributed by atoms with E-state index in [2.05, 4.69) is 93.7 Å². The summed E-state index contributed by atoms with van der Waals surface area (Å²) in [5.74, 6) is -0.917. The third kappa shape index (κ3) is 53.8. The van der Waals surface area contributed by atoms with Gasteiger partial charge in [0.15, 0.2) is 6.10 Å². The average molecular weight is 950 g/mol. The fourth-order valence-electron chi connectivity index (χ4n) is 8.00. The van der Waals surface area contributed by atoms with Crippen molar-refractivity contribution in [3.63, 3.8) is 0 Å². The van der Waals surface area contributed by atoms with Gasteiger partial charge in [0.1, 0.15) is 13.2 Å². The minimum Gasteiger partial charge on any atom is -0.462 e. The third-order valence-electron chi connectivity index (χ3n) is 12.4. The van der Waals surface area contributed by atoms with Crippen molar-refractivity contribution in [3.05, 3.63) is 72.9 Å². The van der Waals surface area contributed by atoms with Gasteiger partial charge < -0.3 is 14.2 Å². The van der Waals surface area contributed by atoms with Crippen molar-refractivity contribution in [3.8, 4) is 0 Å². The van der Waals surface area contributed by atoms with E-state index < -0.39 is 6.10 Å². The van der Waals surface area contributed by atoms with Gasteiger partial charge in [0.05, 0.1) is 0 Å². The number of allylic oxidation sites excluding steroid dienone is 12. The molecule has 0 spiro atoms. The normalized spacial score (nSPS) is 12.6. The van der Waals surface area contributed by atoms with Gasteiger partial charge in [-0.25, -0.2) is 0 Å². The minimum absolute atomic E-state index is 0.0895. The first-order valence-electron chi connectivity index (χ1n) is 28.9. The van der Waals surface area contributed by atoms with Gasteiger partial charge in [-0.2, -0.15) is 0 Å².